The molecule has 1 aliphatic rings. The zero-order valence-corrected chi connectivity index (χ0v) is 15.2. The minimum absolute atomic E-state index is 0.124. The summed E-state index contributed by atoms with van der Waals surface area (Å²) >= 11 is 0. The summed E-state index contributed by atoms with van der Waals surface area (Å²) in [5, 5.41) is 24.2. The molecule has 1 aromatic heterocycles. The van der Waals surface area contributed by atoms with Gasteiger partial charge in [-0.15, -0.1) is 0 Å². The lowest BCUT2D eigenvalue weighted by Gasteiger charge is -2.30. The molecule has 2 unspecified atom stereocenters. The van der Waals surface area contributed by atoms with Crippen molar-refractivity contribution in [2.45, 2.75) is 13.0 Å². The molecule has 3 amide bonds. The molecule has 0 fully saturated rings. The van der Waals surface area contributed by atoms with Crippen molar-refractivity contribution in [3.8, 4) is 0 Å². The van der Waals surface area contributed by atoms with E-state index in [1.807, 2.05) is 0 Å². The van der Waals surface area contributed by atoms with E-state index in [-0.39, 0.29) is 11.6 Å². The molecule has 1 aliphatic heterocycles. The normalized spacial score (nSPS) is 18.8. The number of urea groups is 1. The lowest BCUT2D eigenvalue weighted by Crippen LogP contribution is -2.45. The van der Waals surface area contributed by atoms with Crippen LogP contribution in [0, 0.1) is 16.0 Å². The van der Waals surface area contributed by atoms with Gasteiger partial charge in [-0.1, -0.05) is 12.1 Å². The number of benzene rings is 2. The maximum absolute atomic E-state index is 13.1. The van der Waals surface area contributed by atoms with Gasteiger partial charge in [-0.25, -0.2) is 9.79 Å². The van der Waals surface area contributed by atoms with E-state index in [9.17, 15) is 19.7 Å². The van der Waals surface area contributed by atoms with Gasteiger partial charge >= 0.3 is 6.03 Å². The van der Waals surface area contributed by atoms with Gasteiger partial charge in [0, 0.05) is 28.9 Å². The SMILES string of the molecule is CC1=NC(=O)NC(c2cccc([N+](=O)[O-])c2)C1C(=O)Nc1ccc2[nH]ncc2c1. The van der Waals surface area contributed by atoms with E-state index in [0.717, 1.165) is 10.9 Å². The lowest BCUT2D eigenvalue weighted by atomic mass is 9.87. The fourth-order valence-electron chi connectivity index (χ4n) is 3.41. The molecular weight excluding hydrogens is 376 g/mol. The number of aromatic nitrogens is 2. The van der Waals surface area contributed by atoms with Crippen molar-refractivity contribution in [1.82, 2.24) is 15.5 Å². The zero-order chi connectivity index (χ0) is 20.5. The second kappa shape index (κ2) is 7.15. The molecule has 0 spiro atoms. The number of aromatic amines is 1. The molecule has 3 N–H and O–H groups in total. The van der Waals surface area contributed by atoms with Crippen molar-refractivity contribution in [3.05, 3.63) is 64.3 Å². The minimum atomic E-state index is -0.824. The fourth-order valence-corrected chi connectivity index (χ4v) is 3.41. The Morgan fingerprint density at radius 2 is 2.07 bits per heavy atom. The number of hydrogen-bond donors (Lipinski definition) is 3. The van der Waals surface area contributed by atoms with Crippen LogP contribution in [0.1, 0.15) is 18.5 Å². The first-order valence-electron chi connectivity index (χ1n) is 8.76. The number of anilines is 1. The number of nitrogens with one attached hydrogen (secondary N) is 3. The van der Waals surface area contributed by atoms with E-state index >= 15 is 0 Å². The predicted molar refractivity (Wildman–Crippen MR) is 106 cm³/mol. The van der Waals surface area contributed by atoms with Crippen molar-refractivity contribution in [3.63, 3.8) is 0 Å². The number of nitrogens with zero attached hydrogens (tertiary/aromatic N) is 3. The quantitative estimate of drug-likeness (QED) is 0.462. The Balaban J connectivity index is 1.66. The van der Waals surface area contributed by atoms with Crippen molar-refractivity contribution in [2.75, 3.05) is 5.32 Å². The van der Waals surface area contributed by atoms with Gasteiger partial charge in [0.25, 0.3) is 5.69 Å². The fraction of sp³-hybridized carbons (Fsp3) is 0.158. The molecule has 2 aromatic carbocycles. The predicted octanol–water partition coefficient (Wildman–Crippen LogP) is 2.95. The number of H-pyrrole nitrogens is 1. The number of fused-ring (bicyclic) bond motifs is 1. The summed E-state index contributed by atoms with van der Waals surface area (Å²) in [5.74, 6) is -1.21. The maximum atomic E-state index is 13.1. The first-order valence-corrected chi connectivity index (χ1v) is 8.76. The average Bonchev–Trinajstić information content (AvgIpc) is 3.15. The van der Waals surface area contributed by atoms with Crippen LogP contribution in [-0.4, -0.2) is 32.8 Å². The van der Waals surface area contributed by atoms with Gasteiger partial charge < -0.3 is 10.6 Å². The standard InChI is InChI=1S/C19H16N6O4/c1-10-16(18(26)22-13-5-6-15-12(7-13)9-20-24-15)17(23-19(27)21-10)11-3-2-4-14(8-11)25(28)29/h2-9,16-17H,1H3,(H,20,24)(H,22,26)(H,23,27). The Morgan fingerprint density at radius 3 is 2.86 bits per heavy atom. The van der Waals surface area contributed by atoms with Gasteiger partial charge in [0.1, 0.15) is 5.92 Å². The summed E-state index contributed by atoms with van der Waals surface area (Å²) in [7, 11) is 0. The third-order valence-corrected chi connectivity index (χ3v) is 4.77. The number of non-ortho nitro benzene ring substituents is 1. The lowest BCUT2D eigenvalue weighted by molar-refractivity contribution is -0.384. The molecule has 3 aromatic rings. The summed E-state index contributed by atoms with van der Waals surface area (Å²) in [6, 6.07) is 9.77. The van der Waals surface area contributed by atoms with Gasteiger partial charge in [-0.05, 0) is 30.7 Å². The van der Waals surface area contributed by atoms with Crippen molar-refractivity contribution in [1.29, 1.82) is 0 Å². The van der Waals surface area contributed by atoms with Crippen LogP contribution < -0.4 is 10.6 Å². The molecular formula is C19H16N6O4. The number of aliphatic imine (C=N–C) groups is 1. The van der Waals surface area contributed by atoms with Crippen LogP contribution in [0.3, 0.4) is 0 Å². The topological polar surface area (TPSA) is 142 Å². The van der Waals surface area contributed by atoms with Gasteiger partial charge in [0.2, 0.25) is 5.91 Å². The Kier molecular flexibility index (Phi) is 4.51. The zero-order valence-electron chi connectivity index (χ0n) is 15.2. The van der Waals surface area contributed by atoms with Gasteiger partial charge in [0.05, 0.1) is 22.7 Å². The highest BCUT2D eigenvalue weighted by molar-refractivity contribution is 6.13. The highest BCUT2D eigenvalue weighted by Gasteiger charge is 2.37. The van der Waals surface area contributed by atoms with Crippen LogP contribution in [-0.2, 0) is 4.79 Å². The van der Waals surface area contributed by atoms with Gasteiger partial charge in [-0.3, -0.25) is 20.0 Å². The monoisotopic (exact) mass is 392 g/mol. The van der Waals surface area contributed by atoms with Crippen molar-refractivity contribution >= 4 is 39.9 Å². The van der Waals surface area contributed by atoms with E-state index in [1.165, 1.54) is 18.2 Å². The average molecular weight is 392 g/mol. The number of hydrogen-bond acceptors (Lipinski definition) is 5. The van der Waals surface area contributed by atoms with E-state index in [0.29, 0.717) is 17.0 Å². The van der Waals surface area contributed by atoms with E-state index in [1.54, 1.807) is 37.4 Å². The maximum Gasteiger partial charge on any atom is 0.341 e. The Hall–Kier alpha value is -4.08. The van der Waals surface area contributed by atoms with Crippen molar-refractivity contribution < 1.29 is 14.5 Å². The number of carbonyl (C=O) groups excluding carboxylic acids is 2. The van der Waals surface area contributed by atoms with E-state index in [4.69, 9.17) is 0 Å². The third kappa shape index (κ3) is 3.55. The van der Waals surface area contributed by atoms with Crippen LogP contribution in [0.4, 0.5) is 16.2 Å². The number of rotatable bonds is 4. The second-order valence-electron chi connectivity index (χ2n) is 6.67. The summed E-state index contributed by atoms with van der Waals surface area (Å²) in [6.45, 7) is 1.59. The molecule has 0 bridgehead atoms. The number of carbonyl (C=O) groups is 2. The molecule has 0 saturated carbocycles. The molecule has 2 heterocycles. The Bertz CT molecular complexity index is 1170. The molecule has 0 radical (unpaired) electrons. The molecule has 146 valence electrons. The summed E-state index contributed by atoms with van der Waals surface area (Å²) in [5.41, 5.74) is 2.05. The Labute approximate surface area is 164 Å². The molecule has 0 saturated heterocycles. The van der Waals surface area contributed by atoms with Gasteiger partial charge in [0.15, 0.2) is 0 Å². The van der Waals surface area contributed by atoms with Crippen LogP contribution in [0.15, 0.2) is 53.7 Å². The summed E-state index contributed by atoms with van der Waals surface area (Å²) < 4.78 is 0. The van der Waals surface area contributed by atoms with Crippen LogP contribution >= 0.6 is 0 Å². The number of nitro benzene ring substituents is 1. The van der Waals surface area contributed by atoms with Crippen molar-refractivity contribution in [2.24, 2.45) is 10.9 Å². The highest BCUT2D eigenvalue weighted by Crippen LogP contribution is 2.30. The highest BCUT2D eigenvalue weighted by atomic mass is 16.6. The Morgan fingerprint density at radius 1 is 1.24 bits per heavy atom. The van der Waals surface area contributed by atoms with E-state index in [2.05, 4.69) is 25.8 Å². The van der Waals surface area contributed by atoms with Gasteiger partial charge in [-0.2, -0.15) is 5.10 Å². The van der Waals surface area contributed by atoms with Crippen LogP contribution in [0.25, 0.3) is 10.9 Å². The molecule has 29 heavy (non-hydrogen) atoms. The third-order valence-electron chi connectivity index (χ3n) is 4.77. The first kappa shape index (κ1) is 18.3. The second-order valence-corrected chi connectivity index (χ2v) is 6.67. The molecule has 2 atom stereocenters. The summed E-state index contributed by atoms with van der Waals surface area (Å²) in [6.07, 6.45) is 1.64. The minimum Gasteiger partial charge on any atom is -0.328 e. The van der Waals surface area contributed by atoms with Crippen LogP contribution in [0.5, 0.6) is 0 Å². The first-order chi connectivity index (χ1) is 13.9. The molecule has 4 rings (SSSR count). The molecule has 10 nitrogen and oxygen atoms in total. The van der Waals surface area contributed by atoms with Crippen LogP contribution in [0.2, 0.25) is 0 Å². The molecule has 0 aliphatic carbocycles. The molecule has 10 heteroatoms. The summed E-state index contributed by atoms with van der Waals surface area (Å²) in [4.78, 5) is 39.5. The number of amides is 3. The van der Waals surface area contributed by atoms with E-state index < -0.39 is 22.9 Å². The smallest absolute Gasteiger partial charge is 0.328 e. The largest absolute Gasteiger partial charge is 0.341 e. The number of nitro groups is 1.